The van der Waals surface area contributed by atoms with E-state index in [0.717, 1.165) is 22.5 Å². The summed E-state index contributed by atoms with van der Waals surface area (Å²) >= 11 is 0. The third-order valence-corrected chi connectivity index (χ3v) is 5.87. The minimum absolute atomic E-state index is 0.111. The number of piperidine rings is 1. The number of carbonyl (C=O) groups is 1. The Kier molecular flexibility index (Phi) is 5.54. The van der Waals surface area contributed by atoms with Gasteiger partial charge >= 0.3 is 6.18 Å². The molecule has 134 valence electrons. The number of rotatable bonds is 4. The van der Waals surface area contributed by atoms with Crippen LogP contribution in [0.3, 0.4) is 0 Å². The maximum atomic E-state index is 12.8. The molecule has 1 fully saturated rings. The van der Waals surface area contributed by atoms with Gasteiger partial charge in [-0.25, -0.2) is 8.42 Å². The van der Waals surface area contributed by atoms with Gasteiger partial charge in [-0.3, -0.25) is 4.79 Å². The third-order valence-electron chi connectivity index (χ3n) is 3.97. The van der Waals surface area contributed by atoms with E-state index in [9.17, 15) is 26.4 Å². The van der Waals surface area contributed by atoms with Crippen molar-refractivity contribution in [2.45, 2.75) is 30.8 Å². The molecule has 1 aliphatic rings. The number of benzene rings is 1. The Bertz CT molecular complexity index is 696. The highest BCUT2D eigenvalue weighted by molar-refractivity contribution is 7.89. The lowest BCUT2D eigenvalue weighted by atomic mass is 9.97. The van der Waals surface area contributed by atoms with E-state index in [1.54, 1.807) is 6.92 Å². The molecule has 0 aromatic heterocycles. The summed E-state index contributed by atoms with van der Waals surface area (Å²) in [5.74, 6) is -0.383. The fraction of sp³-hybridized carbons (Fsp3) is 0.533. The number of carbonyl (C=O) groups excluding carboxylic acids is 1. The summed E-state index contributed by atoms with van der Waals surface area (Å²) in [5.41, 5.74) is -0.999. The molecule has 1 aromatic rings. The van der Waals surface area contributed by atoms with Gasteiger partial charge in [-0.2, -0.15) is 17.5 Å². The molecule has 0 bridgehead atoms. The van der Waals surface area contributed by atoms with Gasteiger partial charge in [0.05, 0.1) is 10.5 Å². The third kappa shape index (κ3) is 4.07. The standard InChI is InChI=1S/C15H19F3N2O3S/c1-2-19-14(21)11-6-8-20(9-7-11)24(22,23)13-5-3-4-12(10-13)15(16,17)18/h3-5,10-11H,2,6-9H2,1H3,(H,19,21). The molecule has 1 heterocycles. The molecule has 24 heavy (non-hydrogen) atoms. The van der Waals surface area contributed by atoms with E-state index >= 15 is 0 Å². The molecule has 9 heteroatoms. The Morgan fingerprint density at radius 1 is 1.29 bits per heavy atom. The minimum atomic E-state index is -4.60. The molecule has 0 spiro atoms. The van der Waals surface area contributed by atoms with Crippen LogP contribution in [-0.2, 0) is 21.0 Å². The molecule has 0 aliphatic carbocycles. The van der Waals surface area contributed by atoms with Gasteiger partial charge in [-0.1, -0.05) is 6.07 Å². The molecule has 1 aliphatic heterocycles. The van der Waals surface area contributed by atoms with Gasteiger partial charge in [0, 0.05) is 25.6 Å². The Hall–Kier alpha value is -1.61. The van der Waals surface area contributed by atoms with Gasteiger partial charge in [-0.15, -0.1) is 0 Å². The van der Waals surface area contributed by atoms with Gasteiger partial charge in [0.1, 0.15) is 0 Å². The molecule has 1 amide bonds. The first-order chi connectivity index (χ1) is 11.2. The van der Waals surface area contributed by atoms with E-state index in [1.807, 2.05) is 0 Å². The number of hydrogen-bond acceptors (Lipinski definition) is 3. The highest BCUT2D eigenvalue weighted by atomic mass is 32.2. The Morgan fingerprint density at radius 3 is 2.46 bits per heavy atom. The summed E-state index contributed by atoms with van der Waals surface area (Å²) in [5, 5.41) is 2.69. The van der Waals surface area contributed by atoms with E-state index in [2.05, 4.69) is 5.32 Å². The lowest BCUT2D eigenvalue weighted by Gasteiger charge is -2.30. The van der Waals surface area contributed by atoms with Crippen molar-refractivity contribution < 1.29 is 26.4 Å². The second-order valence-corrected chi connectivity index (χ2v) is 7.54. The molecular weight excluding hydrogens is 345 g/mol. The zero-order valence-electron chi connectivity index (χ0n) is 13.1. The van der Waals surface area contributed by atoms with Crippen molar-refractivity contribution in [3.05, 3.63) is 29.8 Å². The number of sulfonamides is 1. The highest BCUT2D eigenvalue weighted by Gasteiger charge is 2.35. The Labute approximate surface area is 138 Å². The number of hydrogen-bond donors (Lipinski definition) is 1. The van der Waals surface area contributed by atoms with Crippen LogP contribution in [0.25, 0.3) is 0 Å². The van der Waals surface area contributed by atoms with Crippen molar-refractivity contribution in [2.24, 2.45) is 5.92 Å². The summed E-state index contributed by atoms with van der Waals surface area (Å²) in [4.78, 5) is 11.4. The molecule has 0 radical (unpaired) electrons. The van der Waals surface area contributed by atoms with Gasteiger partial charge in [-0.05, 0) is 38.0 Å². The molecule has 0 unspecified atom stereocenters. The van der Waals surface area contributed by atoms with Gasteiger partial charge in [0.2, 0.25) is 15.9 Å². The number of alkyl halides is 3. The smallest absolute Gasteiger partial charge is 0.356 e. The quantitative estimate of drug-likeness (QED) is 0.891. The molecule has 5 nitrogen and oxygen atoms in total. The predicted molar refractivity (Wildman–Crippen MR) is 81.6 cm³/mol. The van der Waals surface area contributed by atoms with Crippen molar-refractivity contribution in [1.82, 2.24) is 9.62 Å². The van der Waals surface area contributed by atoms with Crippen LogP contribution in [0, 0.1) is 5.92 Å². The number of nitrogens with one attached hydrogen (secondary N) is 1. The van der Waals surface area contributed by atoms with E-state index in [4.69, 9.17) is 0 Å². The average molecular weight is 364 g/mol. The highest BCUT2D eigenvalue weighted by Crippen LogP contribution is 2.32. The summed E-state index contributed by atoms with van der Waals surface area (Å²) in [6.45, 7) is 2.52. The monoisotopic (exact) mass is 364 g/mol. The fourth-order valence-electron chi connectivity index (χ4n) is 2.66. The van der Waals surface area contributed by atoms with Crippen LogP contribution in [0.2, 0.25) is 0 Å². The molecule has 1 aromatic carbocycles. The fourth-order valence-corrected chi connectivity index (χ4v) is 4.17. The van der Waals surface area contributed by atoms with Crippen LogP contribution >= 0.6 is 0 Å². The number of amides is 1. The summed E-state index contributed by atoms with van der Waals surface area (Å²) in [7, 11) is -4.00. The molecule has 1 saturated heterocycles. The van der Waals surface area contributed by atoms with Crippen LogP contribution in [0.4, 0.5) is 13.2 Å². The minimum Gasteiger partial charge on any atom is -0.356 e. The van der Waals surface area contributed by atoms with Crippen molar-refractivity contribution in [3.63, 3.8) is 0 Å². The normalized spacial score (nSPS) is 17.7. The zero-order chi connectivity index (χ0) is 18.0. The van der Waals surface area contributed by atoms with Crippen molar-refractivity contribution in [3.8, 4) is 0 Å². The topological polar surface area (TPSA) is 66.5 Å². The first kappa shape index (κ1) is 18.7. The van der Waals surface area contributed by atoms with Gasteiger partial charge in [0.25, 0.3) is 0 Å². The summed E-state index contributed by atoms with van der Waals surface area (Å²) in [6, 6.07) is 3.71. The van der Waals surface area contributed by atoms with Gasteiger partial charge < -0.3 is 5.32 Å². The Morgan fingerprint density at radius 2 is 1.92 bits per heavy atom. The van der Waals surface area contributed by atoms with Crippen molar-refractivity contribution in [2.75, 3.05) is 19.6 Å². The number of nitrogens with zero attached hydrogens (tertiary/aromatic N) is 1. The van der Waals surface area contributed by atoms with Crippen LogP contribution in [0.1, 0.15) is 25.3 Å². The maximum Gasteiger partial charge on any atom is 0.416 e. The lowest BCUT2D eigenvalue weighted by Crippen LogP contribution is -2.43. The average Bonchev–Trinajstić information content (AvgIpc) is 2.54. The van der Waals surface area contributed by atoms with Crippen molar-refractivity contribution in [1.29, 1.82) is 0 Å². The van der Waals surface area contributed by atoms with E-state index in [1.165, 1.54) is 0 Å². The van der Waals surface area contributed by atoms with E-state index in [-0.39, 0.29) is 29.8 Å². The molecule has 0 atom stereocenters. The first-order valence-electron chi connectivity index (χ1n) is 7.61. The predicted octanol–water partition coefficient (Wildman–Crippen LogP) is 2.24. The van der Waals surface area contributed by atoms with E-state index in [0.29, 0.717) is 25.5 Å². The van der Waals surface area contributed by atoms with Crippen LogP contribution in [0.15, 0.2) is 29.2 Å². The lowest BCUT2D eigenvalue weighted by molar-refractivity contribution is -0.137. The largest absolute Gasteiger partial charge is 0.416 e. The summed E-state index contributed by atoms with van der Waals surface area (Å²) < 4.78 is 64.5. The van der Waals surface area contributed by atoms with Gasteiger partial charge in [0.15, 0.2) is 0 Å². The molecular formula is C15H19F3N2O3S. The Balaban J connectivity index is 2.14. The molecule has 1 N–H and O–H groups in total. The van der Waals surface area contributed by atoms with Crippen LogP contribution in [0.5, 0.6) is 0 Å². The zero-order valence-corrected chi connectivity index (χ0v) is 14.0. The molecule has 2 rings (SSSR count). The summed E-state index contributed by atoms with van der Waals surface area (Å²) in [6.07, 6.45) is -3.90. The maximum absolute atomic E-state index is 12.8. The number of halogens is 3. The van der Waals surface area contributed by atoms with Crippen LogP contribution < -0.4 is 5.32 Å². The van der Waals surface area contributed by atoms with Crippen LogP contribution in [-0.4, -0.2) is 38.3 Å². The second-order valence-electron chi connectivity index (χ2n) is 5.60. The van der Waals surface area contributed by atoms with E-state index < -0.39 is 21.8 Å². The van der Waals surface area contributed by atoms with Crippen molar-refractivity contribution >= 4 is 15.9 Å². The SMILES string of the molecule is CCNC(=O)C1CCN(S(=O)(=O)c2cccc(C(F)(F)F)c2)CC1. The second kappa shape index (κ2) is 7.10. The molecule has 0 saturated carbocycles. The first-order valence-corrected chi connectivity index (χ1v) is 9.05.